The number of halogens is 1. The van der Waals surface area contributed by atoms with Crippen LogP contribution in [0.15, 0.2) is 53.4 Å². The van der Waals surface area contributed by atoms with Crippen LogP contribution >= 0.6 is 11.6 Å². The zero-order chi connectivity index (χ0) is 18.7. The van der Waals surface area contributed by atoms with E-state index < -0.39 is 10.0 Å². The smallest absolute Gasteiger partial charge is 0.240 e. The second kappa shape index (κ2) is 7.65. The molecule has 1 heterocycles. The van der Waals surface area contributed by atoms with Crippen molar-refractivity contribution in [3.8, 4) is 5.75 Å². The van der Waals surface area contributed by atoms with Crippen LogP contribution in [0.3, 0.4) is 0 Å². The lowest BCUT2D eigenvalue weighted by Crippen LogP contribution is -2.31. The molecule has 138 valence electrons. The van der Waals surface area contributed by atoms with Crippen LogP contribution in [0.4, 0.5) is 5.69 Å². The first-order valence-corrected chi connectivity index (χ1v) is 9.95. The number of nitrogens with zero attached hydrogens (tertiary/aromatic N) is 1. The highest BCUT2D eigenvalue weighted by Crippen LogP contribution is 2.27. The molecular weight excluding hydrogens is 376 g/mol. The number of carbonyl (C=O) groups excluding carboxylic acids is 1. The molecule has 26 heavy (non-hydrogen) atoms. The number of sulfonamides is 1. The Morgan fingerprint density at radius 1 is 1.23 bits per heavy atom. The standard InChI is InChI=1S/C18H19ClN2O4S/c1-25-16-7-5-15(6-8-16)21-12-13(9-18(21)22)11-20-26(23,24)17-4-2-3-14(19)10-17/h2-8,10,13,20H,9,11-12H2,1H3. The molecule has 1 N–H and O–H groups in total. The van der Waals surface area contributed by atoms with Gasteiger partial charge in [0.05, 0.1) is 12.0 Å². The lowest BCUT2D eigenvalue weighted by Gasteiger charge is -2.17. The summed E-state index contributed by atoms with van der Waals surface area (Å²) in [4.78, 5) is 14.1. The number of carbonyl (C=O) groups is 1. The van der Waals surface area contributed by atoms with Crippen LogP contribution < -0.4 is 14.4 Å². The summed E-state index contributed by atoms with van der Waals surface area (Å²) in [7, 11) is -2.08. The quantitative estimate of drug-likeness (QED) is 0.817. The average molecular weight is 395 g/mol. The van der Waals surface area contributed by atoms with Gasteiger partial charge in [0.15, 0.2) is 0 Å². The van der Waals surface area contributed by atoms with Gasteiger partial charge in [-0.1, -0.05) is 17.7 Å². The number of hydrogen-bond donors (Lipinski definition) is 1. The highest BCUT2D eigenvalue weighted by atomic mass is 35.5. The van der Waals surface area contributed by atoms with E-state index >= 15 is 0 Å². The Kier molecular flexibility index (Phi) is 5.50. The molecule has 1 atom stereocenters. The molecule has 1 amide bonds. The van der Waals surface area contributed by atoms with Crippen LogP contribution in [-0.2, 0) is 14.8 Å². The van der Waals surface area contributed by atoms with Gasteiger partial charge in [0.2, 0.25) is 15.9 Å². The summed E-state index contributed by atoms with van der Waals surface area (Å²) < 4.78 is 32.4. The average Bonchev–Trinajstić information content (AvgIpc) is 3.01. The lowest BCUT2D eigenvalue weighted by atomic mass is 10.1. The zero-order valence-corrected chi connectivity index (χ0v) is 15.8. The topological polar surface area (TPSA) is 75.7 Å². The summed E-state index contributed by atoms with van der Waals surface area (Å²) in [5.74, 6) is 0.590. The number of benzene rings is 2. The molecule has 2 aromatic rings. The van der Waals surface area contributed by atoms with Crippen molar-refractivity contribution in [2.75, 3.05) is 25.1 Å². The van der Waals surface area contributed by atoms with E-state index in [1.807, 2.05) is 12.1 Å². The molecular formula is C18H19ClN2O4S. The molecule has 1 saturated heterocycles. The first-order valence-electron chi connectivity index (χ1n) is 8.09. The molecule has 0 spiro atoms. The van der Waals surface area contributed by atoms with Gasteiger partial charge >= 0.3 is 0 Å². The van der Waals surface area contributed by atoms with Crippen molar-refractivity contribution >= 4 is 33.2 Å². The van der Waals surface area contributed by atoms with Crippen molar-refractivity contribution < 1.29 is 17.9 Å². The van der Waals surface area contributed by atoms with Crippen molar-refractivity contribution in [1.82, 2.24) is 4.72 Å². The zero-order valence-electron chi connectivity index (χ0n) is 14.2. The maximum atomic E-state index is 12.4. The van der Waals surface area contributed by atoms with E-state index in [0.717, 1.165) is 5.69 Å². The normalized spacial score (nSPS) is 17.5. The lowest BCUT2D eigenvalue weighted by molar-refractivity contribution is -0.117. The minimum atomic E-state index is -3.66. The third kappa shape index (κ3) is 4.17. The van der Waals surface area contributed by atoms with E-state index in [1.165, 1.54) is 12.1 Å². The Balaban J connectivity index is 1.64. The number of anilines is 1. The Morgan fingerprint density at radius 2 is 1.96 bits per heavy atom. The highest BCUT2D eigenvalue weighted by molar-refractivity contribution is 7.89. The third-order valence-electron chi connectivity index (χ3n) is 4.26. The molecule has 0 saturated carbocycles. The van der Waals surface area contributed by atoms with Gasteiger partial charge < -0.3 is 9.64 Å². The van der Waals surface area contributed by atoms with Gasteiger partial charge in [-0.25, -0.2) is 13.1 Å². The van der Waals surface area contributed by atoms with E-state index in [0.29, 0.717) is 23.7 Å². The van der Waals surface area contributed by atoms with Gasteiger partial charge in [0, 0.05) is 30.2 Å². The molecule has 8 heteroatoms. The molecule has 0 bridgehead atoms. The minimum absolute atomic E-state index is 0.0258. The Bertz CT molecular complexity index is 900. The van der Waals surface area contributed by atoms with E-state index in [1.54, 1.807) is 36.3 Å². The summed E-state index contributed by atoms with van der Waals surface area (Å²) in [5, 5.41) is 0.356. The predicted molar refractivity (Wildman–Crippen MR) is 100 cm³/mol. The van der Waals surface area contributed by atoms with Crippen molar-refractivity contribution in [2.45, 2.75) is 11.3 Å². The van der Waals surface area contributed by atoms with Crippen LogP contribution in [0.2, 0.25) is 5.02 Å². The van der Waals surface area contributed by atoms with Gasteiger partial charge in [-0.3, -0.25) is 4.79 Å². The van der Waals surface area contributed by atoms with Crippen LogP contribution in [0.5, 0.6) is 5.75 Å². The van der Waals surface area contributed by atoms with Crippen LogP contribution in [0, 0.1) is 5.92 Å². The number of hydrogen-bond acceptors (Lipinski definition) is 4. The van der Waals surface area contributed by atoms with Gasteiger partial charge in [-0.05, 0) is 48.4 Å². The Morgan fingerprint density at radius 3 is 2.62 bits per heavy atom. The number of rotatable bonds is 6. The molecule has 0 aromatic heterocycles. The first-order chi connectivity index (χ1) is 12.4. The summed E-state index contributed by atoms with van der Waals surface area (Å²) in [5.41, 5.74) is 0.774. The van der Waals surface area contributed by atoms with Crippen molar-refractivity contribution in [3.05, 3.63) is 53.6 Å². The summed E-state index contributed by atoms with van der Waals surface area (Å²) in [6.07, 6.45) is 0.296. The molecule has 1 aliphatic rings. The summed E-state index contributed by atoms with van der Waals surface area (Å²) in [6.45, 7) is 0.649. The fourth-order valence-electron chi connectivity index (χ4n) is 2.88. The SMILES string of the molecule is COc1ccc(N2CC(CNS(=O)(=O)c3cccc(Cl)c3)CC2=O)cc1. The fraction of sp³-hybridized carbons (Fsp3) is 0.278. The first kappa shape index (κ1) is 18.7. The number of nitrogens with one attached hydrogen (secondary N) is 1. The van der Waals surface area contributed by atoms with Crippen molar-refractivity contribution in [1.29, 1.82) is 0 Å². The van der Waals surface area contributed by atoms with Gasteiger partial charge in [-0.15, -0.1) is 0 Å². The molecule has 3 rings (SSSR count). The predicted octanol–water partition coefficient (Wildman–Crippen LogP) is 2.68. The largest absolute Gasteiger partial charge is 0.497 e. The number of ether oxygens (including phenoxy) is 1. The monoisotopic (exact) mass is 394 g/mol. The molecule has 2 aromatic carbocycles. The second-order valence-corrected chi connectivity index (χ2v) is 8.29. The van der Waals surface area contributed by atoms with Crippen molar-refractivity contribution in [3.63, 3.8) is 0 Å². The molecule has 1 fully saturated rings. The minimum Gasteiger partial charge on any atom is -0.497 e. The second-order valence-electron chi connectivity index (χ2n) is 6.08. The van der Waals surface area contributed by atoms with Crippen LogP contribution in [0.1, 0.15) is 6.42 Å². The van der Waals surface area contributed by atoms with Gasteiger partial charge in [0.25, 0.3) is 0 Å². The van der Waals surface area contributed by atoms with E-state index in [-0.39, 0.29) is 23.3 Å². The molecule has 0 radical (unpaired) electrons. The fourth-order valence-corrected chi connectivity index (χ4v) is 4.29. The van der Waals surface area contributed by atoms with Gasteiger partial charge in [0.1, 0.15) is 5.75 Å². The maximum absolute atomic E-state index is 12.4. The molecule has 0 aliphatic carbocycles. The Hall–Kier alpha value is -2.09. The Labute approximate surface area is 157 Å². The molecule has 1 unspecified atom stereocenters. The van der Waals surface area contributed by atoms with Crippen molar-refractivity contribution in [2.24, 2.45) is 5.92 Å². The summed E-state index contributed by atoms with van der Waals surface area (Å²) in [6, 6.07) is 13.3. The third-order valence-corrected chi connectivity index (χ3v) is 5.91. The number of methoxy groups -OCH3 is 1. The summed E-state index contributed by atoms with van der Waals surface area (Å²) >= 11 is 5.85. The van der Waals surface area contributed by atoms with E-state index in [2.05, 4.69) is 4.72 Å². The molecule has 1 aliphatic heterocycles. The van der Waals surface area contributed by atoms with Crippen LogP contribution in [0.25, 0.3) is 0 Å². The molecule has 6 nitrogen and oxygen atoms in total. The maximum Gasteiger partial charge on any atom is 0.240 e. The van der Waals surface area contributed by atoms with Gasteiger partial charge in [-0.2, -0.15) is 0 Å². The van der Waals surface area contributed by atoms with E-state index in [9.17, 15) is 13.2 Å². The van der Waals surface area contributed by atoms with Crippen LogP contribution in [-0.4, -0.2) is 34.5 Å². The van der Waals surface area contributed by atoms with E-state index in [4.69, 9.17) is 16.3 Å². The number of amides is 1. The highest BCUT2D eigenvalue weighted by Gasteiger charge is 2.31.